The Labute approximate surface area is 196 Å². The summed E-state index contributed by atoms with van der Waals surface area (Å²) in [7, 11) is 0. The number of carbonyl (C=O) groups is 1. The fourth-order valence-corrected chi connectivity index (χ4v) is 5.00. The lowest BCUT2D eigenvalue weighted by molar-refractivity contribution is -0.134. The molecule has 1 saturated heterocycles. The van der Waals surface area contributed by atoms with Crippen LogP contribution in [0, 0.1) is 0 Å². The second-order valence-electron chi connectivity index (χ2n) is 8.21. The van der Waals surface area contributed by atoms with Crippen molar-refractivity contribution in [3.63, 3.8) is 0 Å². The summed E-state index contributed by atoms with van der Waals surface area (Å²) < 4.78 is 0. The van der Waals surface area contributed by atoms with Gasteiger partial charge in [-0.25, -0.2) is 0 Å². The van der Waals surface area contributed by atoms with Crippen molar-refractivity contribution in [2.24, 2.45) is 0 Å². The summed E-state index contributed by atoms with van der Waals surface area (Å²) in [4.78, 5) is 16.1. The van der Waals surface area contributed by atoms with Gasteiger partial charge in [0, 0.05) is 45.6 Å². The van der Waals surface area contributed by atoms with Crippen LogP contribution in [0.4, 0.5) is 0 Å². The molecule has 1 fully saturated rings. The van der Waals surface area contributed by atoms with Crippen LogP contribution in [-0.4, -0.2) is 42.5 Å². The molecular weight excluding hydrogens is 429 g/mol. The van der Waals surface area contributed by atoms with Crippen molar-refractivity contribution in [1.29, 1.82) is 0 Å². The van der Waals surface area contributed by atoms with E-state index in [0.29, 0.717) is 6.54 Å². The number of halogens is 2. The molecule has 5 rings (SSSR count). The number of benzene rings is 3. The second kappa shape index (κ2) is 10.0. The van der Waals surface area contributed by atoms with Crippen LogP contribution in [0.5, 0.6) is 0 Å². The van der Waals surface area contributed by atoms with Gasteiger partial charge in [-0.1, -0.05) is 66.7 Å². The van der Waals surface area contributed by atoms with Crippen LogP contribution < -0.4 is 10.6 Å². The van der Waals surface area contributed by atoms with Gasteiger partial charge in [-0.15, -0.1) is 24.8 Å². The van der Waals surface area contributed by atoms with Gasteiger partial charge in [0.25, 0.3) is 0 Å². The lowest BCUT2D eigenvalue weighted by atomic mass is 9.90. The average molecular weight is 458 g/mol. The van der Waals surface area contributed by atoms with Gasteiger partial charge in [-0.2, -0.15) is 0 Å². The molecule has 0 aromatic heterocycles. The highest BCUT2D eigenvalue weighted by Crippen LogP contribution is 2.35. The molecule has 3 aromatic rings. The minimum Gasteiger partial charge on any atom is -0.350 e. The van der Waals surface area contributed by atoms with Crippen molar-refractivity contribution < 1.29 is 4.79 Å². The first-order valence-electron chi connectivity index (χ1n) is 10.5. The quantitative estimate of drug-likeness (QED) is 0.626. The predicted octanol–water partition coefficient (Wildman–Crippen LogP) is 3.74. The molecule has 0 saturated carbocycles. The van der Waals surface area contributed by atoms with Crippen molar-refractivity contribution in [2.75, 3.05) is 26.2 Å². The maximum absolute atomic E-state index is 13.7. The standard InChI is InChI=1S/C25H27N3O.2ClH/c29-24(27-18-22-10-5-9-19-6-3-4-11-23(19)22)25(28-14-12-26-13-15-28)16-20-7-1-2-8-21(20)17-25;;/h1-11,26H,12-18H2,(H,27,29);2*1H. The number of rotatable bonds is 4. The Bertz CT molecular complexity index is 1020. The largest absolute Gasteiger partial charge is 0.350 e. The van der Waals surface area contributed by atoms with Crippen LogP contribution in [0.3, 0.4) is 0 Å². The summed E-state index contributed by atoms with van der Waals surface area (Å²) in [5.41, 5.74) is 3.32. The topological polar surface area (TPSA) is 44.4 Å². The van der Waals surface area contributed by atoms with Gasteiger partial charge >= 0.3 is 0 Å². The molecule has 1 aliphatic carbocycles. The molecule has 1 heterocycles. The van der Waals surface area contributed by atoms with Gasteiger partial charge in [0.05, 0.1) is 0 Å². The number of hydrogen-bond donors (Lipinski definition) is 2. The van der Waals surface area contributed by atoms with Gasteiger partial charge in [0.1, 0.15) is 5.54 Å². The average Bonchev–Trinajstić information content (AvgIpc) is 3.19. The molecule has 0 atom stereocenters. The molecule has 2 aliphatic rings. The maximum atomic E-state index is 13.7. The summed E-state index contributed by atoms with van der Waals surface area (Å²) in [5.74, 6) is 0.156. The minimum absolute atomic E-state index is 0. The third-order valence-electron chi connectivity index (χ3n) is 6.55. The van der Waals surface area contributed by atoms with E-state index in [9.17, 15) is 4.79 Å². The van der Waals surface area contributed by atoms with E-state index in [2.05, 4.69) is 82.3 Å². The Morgan fingerprint density at radius 1 is 0.871 bits per heavy atom. The van der Waals surface area contributed by atoms with Crippen molar-refractivity contribution in [3.8, 4) is 0 Å². The highest BCUT2D eigenvalue weighted by molar-refractivity contribution is 5.90. The van der Waals surface area contributed by atoms with Crippen LogP contribution in [0.25, 0.3) is 10.8 Å². The van der Waals surface area contributed by atoms with Gasteiger partial charge in [0.2, 0.25) is 5.91 Å². The third-order valence-corrected chi connectivity index (χ3v) is 6.55. The SMILES string of the molecule is Cl.Cl.O=C(NCc1cccc2ccccc12)C1(N2CCNCC2)Cc2ccccc2C1. The molecule has 164 valence electrons. The Hall–Kier alpha value is -2.11. The Balaban J connectivity index is 0.00000136. The van der Waals surface area contributed by atoms with E-state index >= 15 is 0 Å². The van der Waals surface area contributed by atoms with Crippen molar-refractivity contribution in [2.45, 2.75) is 24.9 Å². The normalized spacial score (nSPS) is 17.3. The van der Waals surface area contributed by atoms with Crippen LogP contribution in [0.2, 0.25) is 0 Å². The molecule has 0 spiro atoms. The smallest absolute Gasteiger partial charge is 0.241 e. The first-order valence-corrected chi connectivity index (χ1v) is 10.5. The van der Waals surface area contributed by atoms with E-state index in [-0.39, 0.29) is 30.7 Å². The maximum Gasteiger partial charge on any atom is 0.241 e. The fraction of sp³-hybridized carbons (Fsp3) is 0.320. The Kier molecular flexibility index (Phi) is 7.60. The summed E-state index contributed by atoms with van der Waals surface area (Å²) in [6.45, 7) is 4.26. The van der Waals surface area contributed by atoms with Crippen molar-refractivity contribution >= 4 is 41.5 Å². The van der Waals surface area contributed by atoms with Crippen molar-refractivity contribution in [1.82, 2.24) is 15.5 Å². The molecule has 1 amide bonds. The van der Waals surface area contributed by atoms with Crippen LogP contribution in [-0.2, 0) is 24.2 Å². The lowest BCUT2D eigenvalue weighted by Gasteiger charge is -2.42. The summed E-state index contributed by atoms with van der Waals surface area (Å²) in [6, 6.07) is 23.2. The molecule has 6 heteroatoms. The monoisotopic (exact) mass is 457 g/mol. The van der Waals surface area contributed by atoms with Gasteiger partial charge in [0.15, 0.2) is 0 Å². The first-order chi connectivity index (χ1) is 14.3. The molecule has 1 aliphatic heterocycles. The molecule has 0 unspecified atom stereocenters. The summed E-state index contributed by atoms with van der Waals surface area (Å²) in [6.07, 6.45) is 1.59. The van der Waals surface area contributed by atoms with E-state index in [1.807, 2.05) is 0 Å². The highest BCUT2D eigenvalue weighted by Gasteiger charge is 2.48. The summed E-state index contributed by atoms with van der Waals surface area (Å²) >= 11 is 0. The molecule has 0 bridgehead atoms. The predicted molar refractivity (Wildman–Crippen MR) is 131 cm³/mol. The first kappa shape index (κ1) is 23.6. The lowest BCUT2D eigenvalue weighted by Crippen LogP contribution is -2.63. The number of nitrogens with zero attached hydrogens (tertiary/aromatic N) is 1. The van der Waals surface area contributed by atoms with Crippen LogP contribution in [0.15, 0.2) is 66.7 Å². The zero-order valence-corrected chi connectivity index (χ0v) is 19.1. The molecule has 0 radical (unpaired) electrons. The Morgan fingerprint density at radius 3 is 2.19 bits per heavy atom. The van der Waals surface area contributed by atoms with E-state index in [4.69, 9.17) is 0 Å². The number of carbonyl (C=O) groups excluding carboxylic acids is 1. The molecule has 2 N–H and O–H groups in total. The zero-order chi connectivity index (χ0) is 19.7. The van der Waals surface area contributed by atoms with E-state index < -0.39 is 5.54 Å². The number of hydrogen-bond acceptors (Lipinski definition) is 3. The highest BCUT2D eigenvalue weighted by atomic mass is 35.5. The van der Waals surface area contributed by atoms with E-state index in [1.165, 1.54) is 27.5 Å². The van der Waals surface area contributed by atoms with Gasteiger partial charge in [-0.3, -0.25) is 9.69 Å². The van der Waals surface area contributed by atoms with E-state index in [0.717, 1.165) is 39.0 Å². The number of nitrogens with one attached hydrogen (secondary N) is 2. The third kappa shape index (κ3) is 4.44. The number of amides is 1. The number of fused-ring (bicyclic) bond motifs is 2. The van der Waals surface area contributed by atoms with Crippen molar-refractivity contribution in [3.05, 3.63) is 83.4 Å². The molecule has 3 aromatic carbocycles. The number of piperazine rings is 1. The minimum atomic E-state index is -0.476. The summed E-state index contributed by atoms with van der Waals surface area (Å²) in [5, 5.41) is 9.15. The molecule has 4 nitrogen and oxygen atoms in total. The van der Waals surface area contributed by atoms with Crippen LogP contribution in [0.1, 0.15) is 16.7 Å². The van der Waals surface area contributed by atoms with Crippen LogP contribution >= 0.6 is 24.8 Å². The van der Waals surface area contributed by atoms with Gasteiger partial charge in [-0.05, 0) is 27.5 Å². The second-order valence-corrected chi connectivity index (χ2v) is 8.21. The molecule has 31 heavy (non-hydrogen) atoms. The zero-order valence-electron chi connectivity index (χ0n) is 17.5. The Morgan fingerprint density at radius 2 is 1.48 bits per heavy atom. The fourth-order valence-electron chi connectivity index (χ4n) is 5.00. The van der Waals surface area contributed by atoms with E-state index in [1.54, 1.807) is 0 Å². The van der Waals surface area contributed by atoms with Gasteiger partial charge < -0.3 is 10.6 Å². The molecular formula is C25H29Cl2N3O.